The summed E-state index contributed by atoms with van der Waals surface area (Å²) in [6.07, 6.45) is 4.80. The highest BCUT2D eigenvalue weighted by molar-refractivity contribution is 5.93. The first kappa shape index (κ1) is 11.9. The molecule has 108 valence electrons. The molecule has 0 amide bonds. The number of rotatable bonds is 3. The molecular weight excluding hydrogens is 252 g/mol. The maximum atomic E-state index is 11.8. The van der Waals surface area contributed by atoms with Gasteiger partial charge in [0.25, 0.3) is 0 Å². The first-order valence-corrected chi connectivity index (χ1v) is 6.46. The van der Waals surface area contributed by atoms with Gasteiger partial charge >= 0.3 is 5.97 Å². The SMILES string of the molecule is [2H]C([2H])([2H])C1=CC(=O)CC(C)(C)C1=C=C/C(C)=C/COC(C)=O. The van der Waals surface area contributed by atoms with Gasteiger partial charge in [-0.05, 0) is 43.1 Å². The summed E-state index contributed by atoms with van der Waals surface area (Å²) in [4.78, 5) is 22.5. The zero-order chi connectivity index (χ0) is 17.8. The van der Waals surface area contributed by atoms with Gasteiger partial charge in [-0.15, -0.1) is 5.73 Å². The molecule has 0 N–H and O–H groups in total. The lowest BCUT2D eigenvalue weighted by atomic mass is 9.73. The summed E-state index contributed by atoms with van der Waals surface area (Å²) in [5.74, 6) is -0.551. The first-order chi connectivity index (χ1) is 10.4. The van der Waals surface area contributed by atoms with Gasteiger partial charge in [-0.2, -0.15) is 0 Å². The molecule has 0 fully saturated rings. The summed E-state index contributed by atoms with van der Waals surface area (Å²) >= 11 is 0. The number of carbonyl (C=O) groups excluding carboxylic acids is 2. The minimum absolute atomic E-state index is 0.0442. The normalized spacial score (nSPS) is 21.1. The van der Waals surface area contributed by atoms with Crippen molar-refractivity contribution in [2.45, 2.75) is 41.0 Å². The highest BCUT2D eigenvalue weighted by Crippen LogP contribution is 2.38. The number of ketones is 1. The Hall–Kier alpha value is -1.86. The topological polar surface area (TPSA) is 43.4 Å². The van der Waals surface area contributed by atoms with Crippen LogP contribution in [0.25, 0.3) is 0 Å². The lowest BCUT2D eigenvalue weighted by Gasteiger charge is -2.29. The predicted molar refractivity (Wildman–Crippen MR) is 79.1 cm³/mol. The van der Waals surface area contributed by atoms with E-state index in [0.29, 0.717) is 5.57 Å². The van der Waals surface area contributed by atoms with Crippen molar-refractivity contribution in [3.05, 3.63) is 40.7 Å². The van der Waals surface area contributed by atoms with Gasteiger partial charge in [0.15, 0.2) is 5.78 Å². The Balaban J connectivity index is 3.22. The zero-order valence-corrected chi connectivity index (χ0v) is 12.4. The van der Waals surface area contributed by atoms with Crippen molar-refractivity contribution in [2.75, 3.05) is 6.61 Å². The van der Waals surface area contributed by atoms with Crippen LogP contribution in [0.1, 0.15) is 45.1 Å². The molecule has 0 spiro atoms. The fraction of sp³-hybridized carbons (Fsp3) is 0.471. The van der Waals surface area contributed by atoms with Crippen molar-refractivity contribution < 1.29 is 18.4 Å². The summed E-state index contributed by atoms with van der Waals surface area (Å²) in [5.41, 5.74) is 3.78. The Labute approximate surface area is 124 Å². The van der Waals surface area contributed by atoms with Gasteiger partial charge in [-0.3, -0.25) is 9.59 Å². The van der Waals surface area contributed by atoms with Gasteiger partial charge in [0.1, 0.15) is 6.61 Å². The lowest BCUT2D eigenvalue weighted by Crippen LogP contribution is -2.23. The molecule has 3 nitrogen and oxygen atoms in total. The minimum atomic E-state index is -2.36. The van der Waals surface area contributed by atoms with Crippen LogP contribution in [-0.2, 0) is 14.3 Å². The largest absolute Gasteiger partial charge is 0.462 e. The molecule has 1 aliphatic rings. The van der Waals surface area contributed by atoms with Crippen LogP contribution in [0.3, 0.4) is 0 Å². The third-order valence-electron chi connectivity index (χ3n) is 3.00. The van der Waals surface area contributed by atoms with Crippen LogP contribution in [0.2, 0.25) is 0 Å². The Kier molecular flexibility index (Phi) is 3.90. The van der Waals surface area contributed by atoms with Crippen LogP contribution in [0.4, 0.5) is 0 Å². The maximum absolute atomic E-state index is 11.8. The van der Waals surface area contributed by atoms with Crippen molar-refractivity contribution in [1.82, 2.24) is 0 Å². The number of allylic oxidation sites excluding steroid dienone is 4. The van der Waals surface area contributed by atoms with Gasteiger partial charge in [-0.25, -0.2) is 0 Å². The van der Waals surface area contributed by atoms with Crippen molar-refractivity contribution in [3.8, 4) is 0 Å². The Bertz CT molecular complexity index is 628. The van der Waals surface area contributed by atoms with E-state index in [4.69, 9.17) is 8.85 Å². The molecule has 0 saturated heterocycles. The third-order valence-corrected chi connectivity index (χ3v) is 3.00. The van der Waals surface area contributed by atoms with E-state index in [1.54, 1.807) is 19.1 Å². The summed E-state index contributed by atoms with van der Waals surface area (Å²) < 4.78 is 27.7. The molecule has 3 heteroatoms. The molecule has 20 heavy (non-hydrogen) atoms. The van der Waals surface area contributed by atoms with Crippen LogP contribution < -0.4 is 0 Å². The van der Waals surface area contributed by atoms with Crippen LogP contribution in [0, 0.1) is 5.41 Å². The summed E-state index contributed by atoms with van der Waals surface area (Å²) in [6.45, 7) is 4.58. The van der Waals surface area contributed by atoms with E-state index in [1.807, 2.05) is 13.8 Å². The number of esters is 1. The molecule has 1 aliphatic carbocycles. The Morgan fingerprint density at radius 2 is 2.25 bits per heavy atom. The highest BCUT2D eigenvalue weighted by atomic mass is 16.5. The van der Waals surface area contributed by atoms with Gasteiger partial charge in [-0.1, -0.05) is 13.8 Å². The first-order valence-electron chi connectivity index (χ1n) is 7.96. The monoisotopic (exact) mass is 277 g/mol. The molecule has 0 aromatic rings. The highest BCUT2D eigenvalue weighted by Gasteiger charge is 2.30. The molecule has 0 bridgehead atoms. The van der Waals surface area contributed by atoms with Crippen molar-refractivity contribution in [2.24, 2.45) is 5.41 Å². The van der Waals surface area contributed by atoms with E-state index in [0.717, 1.165) is 5.57 Å². The maximum Gasteiger partial charge on any atom is 0.302 e. The Morgan fingerprint density at radius 3 is 2.85 bits per heavy atom. The molecule has 0 radical (unpaired) electrons. The minimum Gasteiger partial charge on any atom is -0.462 e. The van der Waals surface area contributed by atoms with Gasteiger partial charge in [0.05, 0.1) is 0 Å². The number of hydrogen-bond donors (Lipinski definition) is 0. The molecular formula is C17H22O3. The number of carbonyl (C=O) groups is 2. The number of hydrogen-bond acceptors (Lipinski definition) is 3. The lowest BCUT2D eigenvalue weighted by molar-refractivity contribution is -0.139. The fourth-order valence-electron chi connectivity index (χ4n) is 1.98. The van der Waals surface area contributed by atoms with Crippen molar-refractivity contribution in [1.29, 1.82) is 0 Å². The molecule has 0 aromatic heterocycles. The molecule has 0 heterocycles. The second-order valence-corrected chi connectivity index (χ2v) is 5.50. The summed E-state index contributed by atoms with van der Waals surface area (Å²) in [5, 5.41) is 0. The van der Waals surface area contributed by atoms with Crippen LogP contribution in [-0.4, -0.2) is 18.4 Å². The summed E-state index contributed by atoms with van der Waals surface area (Å²) in [7, 11) is 0. The van der Waals surface area contributed by atoms with Crippen molar-refractivity contribution >= 4 is 11.8 Å². The molecule has 0 unspecified atom stereocenters. The number of ether oxygens (including phenoxy) is 1. The van der Waals surface area contributed by atoms with E-state index in [1.165, 1.54) is 13.0 Å². The fourth-order valence-corrected chi connectivity index (χ4v) is 1.98. The van der Waals surface area contributed by atoms with Gasteiger partial charge < -0.3 is 4.74 Å². The second kappa shape index (κ2) is 6.53. The Morgan fingerprint density at radius 1 is 1.55 bits per heavy atom. The smallest absolute Gasteiger partial charge is 0.302 e. The van der Waals surface area contributed by atoms with Crippen LogP contribution in [0.5, 0.6) is 0 Å². The van der Waals surface area contributed by atoms with Crippen LogP contribution in [0.15, 0.2) is 40.7 Å². The molecule has 0 saturated carbocycles. The second-order valence-electron chi connectivity index (χ2n) is 5.50. The van der Waals surface area contributed by atoms with Crippen LogP contribution >= 0.6 is 0 Å². The average molecular weight is 277 g/mol. The van der Waals surface area contributed by atoms with E-state index in [9.17, 15) is 9.59 Å². The van der Waals surface area contributed by atoms with Gasteiger partial charge in [0, 0.05) is 28.4 Å². The van der Waals surface area contributed by atoms with E-state index >= 15 is 0 Å². The average Bonchev–Trinajstić information content (AvgIpc) is 2.34. The quantitative estimate of drug-likeness (QED) is 0.450. The predicted octanol–water partition coefficient (Wildman–Crippen LogP) is 3.52. The molecule has 0 aliphatic heterocycles. The standard InChI is InChI=1S/C17H22O3/c1-12(8-9-20-14(3)18)6-7-16-13(2)10-15(19)11-17(16,4)5/h6,8,10H,9,11H2,1-5H3/b12-8+/i2D3. The molecule has 1 rings (SSSR count). The van der Waals surface area contributed by atoms with E-state index in [2.05, 4.69) is 5.73 Å². The summed E-state index contributed by atoms with van der Waals surface area (Å²) in [6, 6.07) is 0. The zero-order valence-electron chi connectivity index (χ0n) is 15.4. The van der Waals surface area contributed by atoms with E-state index < -0.39 is 12.3 Å². The molecule has 0 aromatic carbocycles. The van der Waals surface area contributed by atoms with E-state index in [-0.39, 0.29) is 30.4 Å². The van der Waals surface area contributed by atoms with Gasteiger partial charge in [0.2, 0.25) is 0 Å². The molecule has 0 atom stereocenters. The third kappa shape index (κ3) is 4.67. The van der Waals surface area contributed by atoms with Crippen molar-refractivity contribution in [3.63, 3.8) is 0 Å².